The predicted octanol–water partition coefficient (Wildman–Crippen LogP) is 4.96. The molecule has 1 aromatic heterocycles. The highest BCUT2D eigenvalue weighted by Crippen LogP contribution is 2.44. The SMILES string of the molecule is CC(C)(C)c1cc(C2C=C(c3ccccc3)Nc3[nH]c(=O)[nH]c(=O)c32)cc(C(C)(C)C)c1O. The zero-order valence-electron chi connectivity index (χ0n) is 20.0. The first kappa shape index (κ1) is 22.6. The van der Waals surface area contributed by atoms with Gasteiger partial charge in [0.2, 0.25) is 0 Å². The van der Waals surface area contributed by atoms with Crippen LogP contribution >= 0.6 is 0 Å². The number of aromatic hydroxyl groups is 1. The summed E-state index contributed by atoms with van der Waals surface area (Å²) in [6.45, 7) is 12.4. The van der Waals surface area contributed by atoms with Gasteiger partial charge in [-0.1, -0.05) is 84.0 Å². The van der Waals surface area contributed by atoms with E-state index in [2.05, 4.69) is 56.8 Å². The Balaban J connectivity index is 2.03. The van der Waals surface area contributed by atoms with Crippen molar-refractivity contribution >= 4 is 11.5 Å². The molecule has 2 aromatic carbocycles. The Kier molecular flexibility index (Phi) is 5.35. The molecule has 0 radical (unpaired) electrons. The van der Waals surface area contributed by atoms with Crippen molar-refractivity contribution < 1.29 is 5.11 Å². The molecule has 4 N–H and O–H groups in total. The molecule has 0 bridgehead atoms. The Morgan fingerprint density at radius 3 is 1.97 bits per heavy atom. The van der Waals surface area contributed by atoms with Crippen LogP contribution in [-0.2, 0) is 10.8 Å². The molecule has 1 aliphatic rings. The summed E-state index contributed by atoms with van der Waals surface area (Å²) in [5.74, 6) is 0.258. The monoisotopic (exact) mass is 445 g/mol. The lowest BCUT2D eigenvalue weighted by atomic mass is 9.76. The van der Waals surface area contributed by atoms with E-state index in [1.54, 1.807) is 0 Å². The van der Waals surface area contributed by atoms with Crippen molar-refractivity contribution in [3.05, 3.63) is 97.2 Å². The van der Waals surface area contributed by atoms with E-state index in [4.69, 9.17) is 0 Å². The number of allylic oxidation sites excluding steroid dienone is 1. The molecule has 0 saturated carbocycles. The predicted molar refractivity (Wildman–Crippen MR) is 133 cm³/mol. The normalized spacial score (nSPS) is 16.1. The number of nitrogens with one attached hydrogen (secondary N) is 3. The second-order valence-electron chi connectivity index (χ2n) is 10.7. The van der Waals surface area contributed by atoms with Crippen LogP contribution in [0.1, 0.15) is 75.3 Å². The minimum atomic E-state index is -0.559. The average molecular weight is 446 g/mol. The van der Waals surface area contributed by atoms with Crippen molar-refractivity contribution in [3.63, 3.8) is 0 Å². The summed E-state index contributed by atoms with van der Waals surface area (Å²) in [4.78, 5) is 30.1. The second-order valence-corrected chi connectivity index (χ2v) is 10.7. The van der Waals surface area contributed by atoms with Crippen LogP contribution in [0, 0.1) is 0 Å². The van der Waals surface area contributed by atoms with Gasteiger partial charge in [0.15, 0.2) is 0 Å². The number of anilines is 1. The topological polar surface area (TPSA) is 98.0 Å². The Hall–Kier alpha value is -3.54. The lowest BCUT2D eigenvalue weighted by Crippen LogP contribution is -2.31. The van der Waals surface area contributed by atoms with Crippen molar-refractivity contribution in [1.29, 1.82) is 0 Å². The van der Waals surface area contributed by atoms with Crippen molar-refractivity contribution in [2.24, 2.45) is 0 Å². The van der Waals surface area contributed by atoms with E-state index in [-0.39, 0.29) is 16.6 Å². The zero-order chi connectivity index (χ0) is 24.1. The van der Waals surface area contributed by atoms with E-state index in [1.165, 1.54) is 0 Å². The molecule has 6 nitrogen and oxygen atoms in total. The summed E-state index contributed by atoms with van der Waals surface area (Å²) in [6.07, 6.45) is 2.01. The Morgan fingerprint density at radius 1 is 0.848 bits per heavy atom. The first-order valence-corrected chi connectivity index (χ1v) is 11.1. The van der Waals surface area contributed by atoms with Crippen LogP contribution < -0.4 is 16.6 Å². The van der Waals surface area contributed by atoms with E-state index in [0.29, 0.717) is 11.4 Å². The van der Waals surface area contributed by atoms with E-state index in [0.717, 1.165) is 28.0 Å². The highest BCUT2D eigenvalue weighted by Gasteiger charge is 2.31. The number of aromatic amines is 2. The first-order chi connectivity index (χ1) is 15.4. The molecule has 0 spiro atoms. The van der Waals surface area contributed by atoms with E-state index in [1.807, 2.05) is 48.5 Å². The van der Waals surface area contributed by atoms with Crippen molar-refractivity contribution in [2.75, 3.05) is 5.32 Å². The smallest absolute Gasteiger partial charge is 0.327 e. The van der Waals surface area contributed by atoms with Crippen LogP contribution in [0.15, 0.2) is 58.1 Å². The molecule has 2 heterocycles. The number of hydrogen-bond donors (Lipinski definition) is 4. The first-order valence-electron chi connectivity index (χ1n) is 11.1. The number of hydrogen-bond acceptors (Lipinski definition) is 4. The van der Waals surface area contributed by atoms with E-state index in [9.17, 15) is 14.7 Å². The van der Waals surface area contributed by atoms with Gasteiger partial charge in [-0.15, -0.1) is 0 Å². The van der Waals surface area contributed by atoms with Crippen molar-refractivity contribution in [2.45, 2.75) is 58.3 Å². The molecule has 1 atom stereocenters. The third-order valence-corrected chi connectivity index (χ3v) is 6.08. The van der Waals surface area contributed by atoms with Crippen LogP contribution in [0.2, 0.25) is 0 Å². The molecule has 0 saturated heterocycles. The number of phenols is 1. The molecular weight excluding hydrogens is 414 g/mol. The van der Waals surface area contributed by atoms with Gasteiger partial charge >= 0.3 is 5.69 Å². The molecule has 3 aromatic rings. The van der Waals surface area contributed by atoms with E-state index < -0.39 is 17.2 Å². The van der Waals surface area contributed by atoms with Gasteiger partial charge in [-0.3, -0.25) is 14.8 Å². The van der Waals surface area contributed by atoms with E-state index >= 15 is 0 Å². The summed E-state index contributed by atoms with van der Waals surface area (Å²) in [6, 6.07) is 13.7. The fraction of sp³-hybridized carbons (Fsp3) is 0.333. The summed E-state index contributed by atoms with van der Waals surface area (Å²) >= 11 is 0. The Bertz CT molecular complexity index is 1320. The lowest BCUT2D eigenvalue weighted by molar-refractivity contribution is 0.422. The van der Waals surface area contributed by atoms with Gasteiger partial charge in [0.05, 0.1) is 5.56 Å². The van der Waals surface area contributed by atoms with Crippen LogP contribution in [0.5, 0.6) is 5.75 Å². The van der Waals surface area contributed by atoms with Crippen molar-refractivity contribution in [1.82, 2.24) is 9.97 Å². The number of benzene rings is 2. The average Bonchev–Trinajstić information content (AvgIpc) is 2.71. The minimum absolute atomic E-state index is 0.288. The largest absolute Gasteiger partial charge is 0.507 e. The maximum absolute atomic E-state index is 12.9. The summed E-state index contributed by atoms with van der Waals surface area (Å²) in [7, 11) is 0. The maximum Gasteiger partial charge on any atom is 0.327 e. The van der Waals surface area contributed by atoms with Gasteiger partial charge in [-0.05, 0) is 39.2 Å². The number of rotatable bonds is 2. The molecule has 0 amide bonds. The number of H-pyrrole nitrogens is 2. The highest BCUT2D eigenvalue weighted by atomic mass is 16.3. The molecule has 33 heavy (non-hydrogen) atoms. The van der Waals surface area contributed by atoms with Crippen LogP contribution in [0.3, 0.4) is 0 Å². The summed E-state index contributed by atoms with van der Waals surface area (Å²) < 4.78 is 0. The molecule has 0 aliphatic carbocycles. The third-order valence-electron chi connectivity index (χ3n) is 6.08. The Morgan fingerprint density at radius 2 is 1.42 bits per heavy atom. The standard InChI is InChI=1S/C27H31N3O3/c1-26(2,3)18-12-16(13-19(22(18)31)27(4,5)6)17-14-20(15-10-8-7-9-11-15)28-23-21(17)24(32)30-25(33)29-23/h7-14,17,31H,1-6H3,(H3,28,29,30,32,33). The highest BCUT2D eigenvalue weighted by molar-refractivity contribution is 5.81. The molecule has 4 rings (SSSR count). The fourth-order valence-corrected chi connectivity index (χ4v) is 4.35. The molecule has 0 fully saturated rings. The van der Waals surface area contributed by atoms with Gasteiger partial charge in [-0.25, -0.2) is 4.79 Å². The molecule has 6 heteroatoms. The second kappa shape index (κ2) is 7.80. The summed E-state index contributed by atoms with van der Waals surface area (Å²) in [5, 5.41) is 14.4. The molecule has 1 unspecified atom stereocenters. The number of fused-ring (bicyclic) bond motifs is 1. The summed E-state index contributed by atoms with van der Waals surface area (Å²) in [5.41, 5.74) is 3.11. The maximum atomic E-state index is 12.9. The van der Waals surface area contributed by atoms with Crippen LogP contribution in [-0.4, -0.2) is 15.1 Å². The number of phenolic OH excluding ortho intramolecular Hbond substituents is 1. The fourth-order valence-electron chi connectivity index (χ4n) is 4.35. The molecule has 172 valence electrons. The minimum Gasteiger partial charge on any atom is -0.507 e. The van der Waals surface area contributed by atoms with Gasteiger partial charge < -0.3 is 10.4 Å². The Labute approximate surface area is 193 Å². The quantitative estimate of drug-likeness (QED) is 0.448. The van der Waals surface area contributed by atoms with Gasteiger partial charge in [-0.2, -0.15) is 0 Å². The number of aromatic nitrogens is 2. The van der Waals surface area contributed by atoms with Gasteiger partial charge in [0, 0.05) is 11.6 Å². The van der Waals surface area contributed by atoms with Gasteiger partial charge in [0.1, 0.15) is 11.6 Å². The molecule has 1 aliphatic heterocycles. The van der Waals surface area contributed by atoms with Crippen LogP contribution in [0.4, 0.5) is 5.82 Å². The molecular formula is C27H31N3O3. The lowest BCUT2D eigenvalue weighted by Gasteiger charge is -2.31. The zero-order valence-corrected chi connectivity index (χ0v) is 20.0. The van der Waals surface area contributed by atoms with Crippen LogP contribution in [0.25, 0.3) is 5.70 Å². The van der Waals surface area contributed by atoms with Crippen molar-refractivity contribution in [3.8, 4) is 5.75 Å². The third kappa shape index (κ3) is 4.25. The van der Waals surface area contributed by atoms with Gasteiger partial charge in [0.25, 0.3) is 5.56 Å².